The van der Waals surface area contributed by atoms with Crippen molar-refractivity contribution in [2.24, 2.45) is 0 Å². The number of rotatable bonds is 4. The zero-order valence-electron chi connectivity index (χ0n) is 28.7. The van der Waals surface area contributed by atoms with Crippen molar-refractivity contribution in [3.05, 3.63) is 164 Å². The van der Waals surface area contributed by atoms with Crippen molar-refractivity contribution in [1.82, 2.24) is 15.0 Å². The van der Waals surface area contributed by atoms with E-state index in [0.717, 1.165) is 88.0 Å². The Kier molecular flexibility index (Phi) is 5.99. The molecule has 0 saturated carbocycles. The predicted octanol–water partition coefficient (Wildman–Crippen LogP) is 13.1. The monoisotopic (exact) mass is 689 g/mol. The second kappa shape index (κ2) is 11.1. The van der Waals surface area contributed by atoms with E-state index in [1.54, 1.807) is 0 Å². The minimum Gasteiger partial charge on any atom is -0.456 e. The summed E-state index contributed by atoms with van der Waals surface area (Å²) in [6, 6.07) is 56.7. The average Bonchev–Trinajstić information content (AvgIpc) is 3.91. The van der Waals surface area contributed by atoms with Crippen LogP contribution < -0.4 is 0 Å². The van der Waals surface area contributed by atoms with Gasteiger partial charge in [-0.3, -0.25) is 0 Å². The van der Waals surface area contributed by atoms with E-state index in [9.17, 15) is 0 Å². The molecule has 0 spiro atoms. The summed E-state index contributed by atoms with van der Waals surface area (Å²) in [5.74, 6) is 1.82. The van der Waals surface area contributed by atoms with Crippen molar-refractivity contribution in [3.63, 3.8) is 0 Å². The van der Waals surface area contributed by atoms with Crippen molar-refractivity contribution in [1.29, 1.82) is 0 Å². The molecule has 11 aromatic rings. The van der Waals surface area contributed by atoms with Crippen LogP contribution in [0.25, 0.3) is 122 Å². The van der Waals surface area contributed by atoms with E-state index in [1.807, 2.05) is 48.5 Å². The minimum atomic E-state index is 0.597. The number of hydrogen-bond donors (Lipinski definition) is 0. The number of furan rings is 2. The highest BCUT2D eigenvalue weighted by atomic mass is 16.3. The van der Waals surface area contributed by atoms with Crippen molar-refractivity contribution in [3.8, 4) is 67.5 Å². The maximum Gasteiger partial charge on any atom is 0.164 e. The van der Waals surface area contributed by atoms with Crippen LogP contribution in [0.1, 0.15) is 0 Å². The first-order valence-electron chi connectivity index (χ1n) is 18.1. The molecule has 12 rings (SSSR count). The molecule has 0 fully saturated rings. The second-order valence-electron chi connectivity index (χ2n) is 13.9. The second-order valence-corrected chi connectivity index (χ2v) is 13.9. The maximum atomic E-state index is 6.62. The SMILES string of the molecule is c1ccc(-c2ccc(-c3nc(-c4ccc5oc6ccccc6c5c4)nc(-c4ccc5c6c(c7oc8ccccc8c7cc46)-c4ccccc4-5)n3)cc2)cc1. The highest BCUT2D eigenvalue weighted by Gasteiger charge is 2.28. The van der Waals surface area contributed by atoms with Gasteiger partial charge in [-0.1, -0.05) is 121 Å². The Labute approximate surface area is 308 Å². The van der Waals surface area contributed by atoms with Crippen molar-refractivity contribution >= 4 is 54.6 Å². The fourth-order valence-corrected chi connectivity index (χ4v) is 8.37. The average molecular weight is 690 g/mol. The van der Waals surface area contributed by atoms with Crippen LogP contribution in [0.15, 0.2) is 173 Å². The first-order chi connectivity index (χ1) is 26.7. The Bertz CT molecular complexity index is 3320. The Hall–Kier alpha value is -7.37. The molecule has 0 saturated heterocycles. The largest absolute Gasteiger partial charge is 0.456 e. The van der Waals surface area contributed by atoms with E-state index in [1.165, 1.54) is 16.7 Å². The van der Waals surface area contributed by atoms with Crippen LogP contribution in [-0.2, 0) is 0 Å². The fourth-order valence-electron chi connectivity index (χ4n) is 8.37. The standard InChI is InChI=1S/C49H27N3O2/c1-2-10-28(11-3-1)29-18-20-30(21-19-29)47-50-48(31-22-25-43-38(26-31)33-13-6-8-16-41(33)53-43)52-49(51-47)37-24-23-36-32-12-4-5-15-35(32)45-44(36)39(37)27-40-34-14-7-9-17-42(34)54-46(40)45/h1-27H. The van der Waals surface area contributed by atoms with E-state index < -0.39 is 0 Å². The van der Waals surface area contributed by atoms with Gasteiger partial charge in [-0.2, -0.15) is 0 Å². The Balaban J connectivity index is 1.12. The first-order valence-corrected chi connectivity index (χ1v) is 18.1. The molecule has 0 radical (unpaired) electrons. The molecule has 250 valence electrons. The summed E-state index contributed by atoms with van der Waals surface area (Å²) in [5.41, 5.74) is 13.2. The first kappa shape index (κ1) is 29.2. The predicted molar refractivity (Wildman–Crippen MR) is 218 cm³/mol. The molecule has 0 N–H and O–H groups in total. The van der Waals surface area contributed by atoms with Crippen LogP contribution >= 0.6 is 0 Å². The molecule has 5 heteroatoms. The molecule has 3 heterocycles. The summed E-state index contributed by atoms with van der Waals surface area (Å²) < 4.78 is 12.8. The lowest BCUT2D eigenvalue weighted by molar-refractivity contribution is 0.669. The zero-order chi connectivity index (χ0) is 35.3. The van der Waals surface area contributed by atoms with E-state index in [-0.39, 0.29) is 0 Å². The quantitative estimate of drug-likeness (QED) is 0.184. The van der Waals surface area contributed by atoms with Gasteiger partial charge < -0.3 is 8.83 Å². The molecular formula is C49H27N3O2. The lowest BCUT2D eigenvalue weighted by atomic mass is 9.95. The molecule has 1 aliphatic carbocycles. The maximum absolute atomic E-state index is 6.62. The van der Waals surface area contributed by atoms with Crippen LogP contribution in [0.3, 0.4) is 0 Å². The highest BCUT2D eigenvalue weighted by Crippen LogP contribution is 2.53. The van der Waals surface area contributed by atoms with Gasteiger partial charge in [0.05, 0.1) is 0 Å². The lowest BCUT2D eigenvalue weighted by Crippen LogP contribution is -2.01. The number of aromatic nitrogens is 3. The topological polar surface area (TPSA) is 65.0 Å². The summed E-state index contributed by atoms with van der Waals surface area (Å²) in [7, 11) is 0. The van der Waals surface area contributed by atoms with E-state index in [4.69, 9.17) is 23.8 Å². The van der Waals surface area contributed by atoms with Gasteiger partial charge in [0, 0.05) is 49.2 Å². The Morgan fingerprint density at radius 3 is 1.70 bits per heavy atom. The number of para-hydroxylation sites is 2. The van der Waals surface area contributed by atoms with Gasteiger partial charge in [0.1, 0.15) is 22.3 Å². The van der Waals surface area contributed by atoms with Crippen LogP contribution in [0.2, 0.25) is 0 Å². The molecule has 0 aliphatic heterocycles. The van der Waals surface area contributed by atoms with Crippen LogP contribution in [0, 0.1) is 0 Å². The lowest BCUT2D eigenvalue weighted by Gasteiger charge is -2.12. The molecule has 5 nitrogen and oxygen atoms in total. The minimum absolute atomic E-state index is 0.597. The number of fused-ring (bicyclic) bond motifs is 10. The molecule has 0 atom stereocenters. The molecule has 54 heavy (non-hydrogen) atoms. The van der Waals surface area contributed by atoms with Gasteiger partial charge in [-0.25, -0.2) is 15.0 Å². The van der Waals surface area contributed by atoms with Crippen LogP contribution in [0.5, 0.6) is 0 Å². The van der Waals surface area contributed by atoms with Gasteiger partial charge >= 0.3 is 0 Å². The normalized spacial score (nSPS) is 12.1. The fraction of sp³-hybridized carbons (Fsp3) is 0. The smallest absolute Gasteiger partial charge is 0.164 e. The highest BCUT2D eigenvalue weighted by molar-refractivity contribution is 6.28. The molecule has 0 amide bonds. The molecule has 8 aromatic carbocycles. The summed E-state index contributed by atoms with van der Waals surface area (Å²) >= 11 is 0. The van der Waals surface area contributed by atoms with Crippen molar-refractivity contribution < 1.29 is 8.83 Å². The van der Waals surface area contributed by atoms with Gasteiger partial charge in [-0.15, -0.1) is 0 Å². The Morgan fingerprint density at radius 1 is 0.315 bits per heavy atom. The van der Waals surface area contributed by atoms with Crippen LogP contribution in [0.4, 0.5) is 0 Å². The Morgan fingerprint density at radius 2 is 0.889 bits per heavy atom. The summed E-state index contributed by atoms with van der Waals surface area (Å²) in [5, 5.41) is 6.48. The number of nitrogens with zero attached hydrogens (tertiary/aromatic N) is 3. The van der Waals surface area contributed by atoms with E-state index in [2.05, 4.69) is 115 Å². The summed E-state index contributed by atoms with van der Waals surface area (Å²) in [6.07, 6.45) is 0. The summed E-state index contributed by atoms with van der Waals surface area (Å²) in [6.45, 7) is 0. The number of benzene rings is 8. The molecule has 0 unspecified atom stereocenters. The van der Waals surface area contributed by atoms with Gasteiger partial charge in [0.25, 0.3) is 0 Å². The third-order valence-corrected chi connectivity index (χ3v) is 10.9. The zero-order valence-corrected chi connectivity index (χ0v) is 28.7. The van der Waals surface area contributed by atoms with Crippen molar-refractivity contribution in [2.75, 3.05) is 0 Å². The number of hydrogen-bond acceptors (Lipinski definition) is 5. The van der Waals surface area contributed by atoms with Gasteiger partial charge in [-0.05, 0) is 75.7 Å². The third-order valence-electron chi connectivity index (χ3n) is 10.9. The molecule has 1 aliphatic rings. The van der Waals surface area contributed by atoms with Crippen LogP contribution in [-0.4, -0.2) is 15.0 Å². The molecule has 3 aromatic heterocycles. The van der Waals surface area contributed by atoms with E-state index in [0.29, 0.717) is 17.5 Å². The third kappa shape index (κ3) is 4.24. The van der Waals surface area contributed by atoms with Gasteiger partial charge in [0.15, 0.2) is 17.5 Å². The van der Waals surface area contributed by atoms with Crippen molar-refractivity contribution in [2.45, 2.75) is 0 Å². The van der Waals surface area contributed by atoms with Gasteiger partial charge in [0.2, 0.25) is 0 Å². The molecular weight excluding hydrogens is 663 g/mol. The van der Waals surface area contributed by atoms with E-state index >= 15 is 0 Å². The summed E-state index contributed by atoms with van der Waals surface area (Å²) in [4.78, 5) is 15.7. The molecule has 0 bridgehead atoms.